The van der Waals surface area contributed by atoms with Crippen LogP contribution in [0.1, 0.15) is 98.8 Å². The number of hydrogen-bond donors (Lipinski definition) is 1. The van der Waals surface area contributed by atoms with Crippen molar-refractivity contribution in [2.75, 3.05) is 0 Å². The van der Waals surface area contributed by atoms with Gasteiger partial charge in [-0.2, -0.15) is 0 Å². The highest BCUT2D eigenvalue weighted by atomic mass is 28.3. The first-order valence-corrected chi connectivity index (χ1v) is 16.6. The Morgan fingerprint density at radius 3 is 2.00 bits per heavy atom. The van der Waals surface area contributed by atoms with Crippen molar-refractivity contribution in [2.24, 2.45) is 17.8 Å². The zero-order valence-electron chi connectivity index (χ0n) is 22.9. The molecule has 4 aliphatic rings. The Kier molecular flexibility index (Phi) is 6.47. The van der Waals surface area contributed by atoms with Crippen LogP contribution in [0.25, 0.3) is 11.6 Å². The van der Waals surface area contributed by atoms with Gasteiger partial charge in [-0.15, -0.1) is 0 Å². The van der Waals surface area contributed by atoms with Crippen LogP contribution in [0.2, 0.25) is 13.1 Å². The number of allylic oxidation sites excluding steroid dienone is 1. The van der Waals surface area contributed by atoms with E-state index in [9.17, 15) is 9.90 Å². The lowest BCUT2D eigenvalue weighted by atomic mass is 9.47. The van der Waals surface area contributed by atoms with Crippen LogP contribution in [0, 0.1) is 17.8 Å². The van der Waals surface area contributed by atoms with Crippen LogP contribution in [0.15, 0.2) is 36.4 Å². The van der Waals surface area contributed by atoms with Gasteiger partial charge in [-0.3, -0.25) is 0 Å². The van der Waals surface area contributed by atoms with Crippen molar-refractivity contribution in [3.05, 3.63) is 64.2 Å². The Bertz CT molecular complexity index is 1150. The predicted molar refractivity (Wildman–Crippen MR) is 151 cm³/mol. The molecule has 4 bridgehead atoms. The van der Waals surface area contributed by atoms with Gasteiger partial charge in [0.1, 0.15) is 5.75 Å². The molecular weight excluding hydrogens is 460 g/mol. The fourth-order valence-corrected chi connectivity index (χ4v) is 8.59. The van der Waals surface area contributed by atoms with E-state index in [1.54, 1.807) is 12.1 Å². The molecular formula is C32H42O3Si. The molecule has 0 unspecified atom stereocenters. The molecule has 0 saturated heterocycles. The Morgan fingerprint density at radius 2 is 1.53 bits per heavy atom. The summed E-state index contributed by atoms with van der Waals surface area (Å²) in [7, 11) is -1.36. The van der Waals surface area contributed by atoms with E-state index in [1.165, 1.54) is 60.8 Å². The van der Waals surface area contributed by atoms with Gasteiger partial charge in [0, 0.05) is 16.5 Å². The lowest BCUT2D eigenvalue weighted by Gasteiger charge is -2.58. The number of hydrogen-bond acceptors (Lipinski definition) is 2. The molecule has 36 heavy (non-hydrogen) atoms. The summed E-state index contributed by atoms with van der Waals surface area (Å²) in [5, 5.41) is 9.27. The molecule has 0 spiro atoms. The van der Waals surface area contributed by atoms with E-state index in [1.807, 2.05) is 12.1 Å². The first kappa shape index (κ1) is 25.3. The predicted octanol–water partition coefficient (Wildman–Crippen LogP) is 8.07. The highest BCUT2D eigenvalue weighted by Crippen LogP contribution is 2.63. The standard InChI is InChI=1S/C32H42O3Si/c1-20(13-21-7-9-25(10-8-21)30(33)34)26-11-12-27(31(2,3)4)28(29(26)35-36(5)6)32-17-22-14-23(18-32)16-24(15-22)19-32/h7-13,22-24,36H,14-19H2,1-6H3,(H,33,34)/b20-13+. The Labute approximate surface area is 218 Å². The lowest BCUT2D eigenvalue weighted by Crippen LogP contribution is -2.49. The highest BCUT2D eigenvalue weighted by Gasteiger charge is 2.54. The summed E-state index contributed by atoms with van der Waals surface area (Å²) in [6.45, 7) is 13.8. The molecule has 0 aliphatic heterocycles. The smallest absolute Gasteiger partial charge is 0.335 e. The molecule has 2 aromatic carbocycles. The van der Waals surface area contributed by atoms with Gasteiger partial charge in [-0.25, -0.2) is 4.79 Å². The monoisotopic (exact) mass is 502 g/mol. The van der Waals surface area contributed by atoms with Gasteiger partial charge in [0.05, 0.1) is 5.56 Å². The summed E-state index contributed by atoms with van der Waals surface area (Å²) >= 11 is 0. The molecule has 4 heteroatoms. The van der Waals surface area contributed by atoms with E-state index in [0.717, 1.165) is 29.1 Å². The average Bonchev–Trinajstić information content (AvgIpc) is 2.77. The second kappa shape index (κ2) is 9.20. The summed E-state index contributed by atoms with van der Waals surface area (Å²) < 4.78 is 6.93. The van der Waals surface area contributed by atoms with Crippen LogP contribution in [0.3, 0.4) is 0 Å². The molecule has 2 aromatic rings. The van der Waals surface area contributed by atoms with E-state index in [4.69, 9.17) is 4.43 Å². The van der Waals surface area contributed by atoms with Crippen LogP contribution >= 0.6 is 0 Å². The minimum Gasteiger partial charge on any atom is -0.546 e. The number of carboxylic acids is 1. The maximum absolute atomic E-state index is 11.3. The number of carbonyl (C=O) groups is 1. The second-order valence-corrected chi connectivity index (χ2v) is 15.6. The third-order valence-electron chi connectivity index (χ3n) is 8.85. The summed E-state index contributed by atoms with van der Waals surface area (Å²) in [4.78, 5) is 11.3. The first-order valence-electron chi connectivity index (χ1n) is 13.8. The summed E-state index contributed by atoms with van der Waals surface area (Å²) in [6, 6.07) is 11.8. The van der Waals surface area contributed by atoms with E-state index in [0.29, 0.717) is 5.56 Å². The van der Waals surface area contributed by atoms with Gasteiger partial charge in [0.15, 0.2) is 0 Å². The Hall–Kier alpha value is -2.33. The maximum Gasteiger partial charge on any atom is 0.335 e. The second-order valence-electron chi connectivity index (χ2n) is 13.2. The number of carboxylic acid groups (broad SMARTS) is 1. The zero-order chi connectivity index (χ0) is 25.8. The largest absolute Gasteiger partial charge is 0.546 e. The zero-order valence-corrected chi connectivity index (χ0v) is 24.0. The maximum atomic E-state index is 11.3. The fraction of sp³-hybridized carbons (Fsp3) is 0.531. The number of aromatic carboxylic acids is 1. The summed E-state index contributed by atoms with van der Waals surface area (Å²) in [5.41, 5.74) is 7.01. The van der Waals surface area contributed by atoms with Crippen molar-refractivity contribution in [1.29, 1.82) is 0 Å². The average molecular weight is 503 g/mol. The first-order chi connectivity index (χ1) is 16.9. The quantitative estimate of drug-likeness (QED) is 0.321. The van der Waals surface area contributed by atoms with E-state index in [-0.39, 0.29) is 10.8 Å². The van der Waals surface area contributed by atoms with Crippen molar-refractivity contribution in [3.8, 4) is 5.75 Å². The van der Waals surface area contributed by atoms with E-state index in [2.05, 4.69) is 59.0 Å². The summed E-state index contributed by atoms with van der Waals surface area (Å²) in [6.07, 6.45) is 10.4. The van der Waals surface area contributed by atoms with Crippen LogP contribution in [-0.2, 0) is 10.8 Å². The van der Waals surface area contributed by atoms with Crippen molar-refractivity contribution in [2.45, 2.75) is 90.1 Å². The molecule has 0 atom stereocenters. The van der Waals surface area contributed by atoms with Gasteiger partial charge in [-0.05, 0) is 111 Å². The van der Waals surface area contributed by atoms with Crippen LogP contribution in [-0.4, -0.2) is 20.1 Å². The minimum absolute atomic E-state index is 0.0537. The molecule has 192 valence electrons. The Morgan fingerprint density at radius 1 is 0.972 bits per heavy atom. The normalized spacial score (nSPS) is 27.5. The molecule has 6 rings (SSSR count). The van der Waals surface area contributed by atoms with Gasteiger partial charge >= 0.3 is 5.97 Å². The lowest BCUT2D eigenvalue weighted by molar-refractivity contribution is -0.00659. The Balaban J connectivity index is 1.67. The van der Waals surface area contributed by atoms with Crippen LogP contribution in [0.4, 0.5) is 0 Å². The van der Waals surface area contributed by atoms with Crippen molar-refractivity contribution in [3.63, 3.8) is 0 Å². The number of rotatable bonds is 6. The molecule has 3 nitrogen and oxygen atoms in total. The van der Waals surface area contributed by atoms with Gasteiger partial charge in [0.25, 0.3) is 0 Å². The highest BCUT2D eigenvalue weighted by molar-refractivity contribution is 6.49. The molecule has 0 amide bonds. The van der Waals surface area contributed by atoms with E-state index < -0.39 is 15.0 Å². The molecule has 0 heterocycles. The molecule has 4 fully saturated rings. The molecule has 0 aromatic heterocycles. The van der Waals surface area contributed by atoms with Crippen molar-refractivity contribution in [1.82, 2.24) is 0 Å². The third kappa shape index (κ3) is 4.69. The fourth-order valence-electron chi connectivity index (χ4n) is 7.87. The van der Waals surface area contributed by atoms with Crippen molar-refractivity contribution >= 4 is 26.7 Å². The SMILES string of the molecule is C/C(=C\c1ccc(C(=O)O)cc1)c1ccc(C(C)(C)C)c(C23CC4CC(CC(C4)C2)C3)c1O[SiH](C)C. The molecule has 1 N–H and O–H groups in total. The topological polar surface area (TPSA) is 46.5 Å². The minimum atomic E-state index is -1.36. The molecule has 4 aliphatic carbocycles. The molecule has 4 saturated carbocycles. The van der Waals surface area contributed by atoms with Gasteiger partial charge < -0.3 is 9.53 Å². The van der Waals surface area contributed by atoms with Gasteiger partial charge in [0.2, 0.25) is 9.04 Å². The van der Waals surface area contributed by atoms with Gasteiger partial charge in [-0.1, -0.05) is 51.1 Å². The van der Waals surface area contributed by atoms with E-state index >= 15 is 0 Å². The third-order valence-corrected chi connectivity index (χ3v) is 9.56. The summed E-state index contributed by atoms with van der Waals surface area (Å²) in [5.74, 6) is 2.89. The number of benzene rings is 2. The van der Waals surface area contributed by atoms with Crippen LogP contribution in [0.5, 0.6) is 5.75 Å². The van der Waals surface area contributed by atoms with Crippen molar-refractivity contribution < 1.29 is 14.3 Å². The van der Waals surface area contributed by atoms with Crippen LogP contribution < -0.4 is 4.43 Å². The molecule has 0 radical (unpaired) electrons.